The second-order valence-electron chi connectivity index (χ2n) is 5.71. The Labute approximate surface area is 148 Å². The highest BCUT2D eigenvalue weighted by molar-refractivity contribution is 5.85. The molecule has 0 unspecified atom stereocenters. The van der Waals surface area contributed by atoms with Crippen molar-refractivity contribution in [2.75, 3.05) is 26.2 Å². The van der Waals surface area contributed by atoms with Crippen LogP contribution < -0.4 is 10.6 Å². The van der Waals surface area contributed by atoms with Crippen molar-refractivity contribution in [1.29, 1.82) is 0 Å². The summed E-state index contributed by atoms with van der Waals surface area (Å²) in [4.78, 5) is 25.8. The average molecular weight is 344 g/mol. The summed E-state index contributed by atoms with van der Waals surface area (Å²) in [7, 11) is 0. The number of likely N-dealkylation sites (N-methyl/N-ethyl adjacent to an activating group) is 2. The molecule has 1 aromatic heterocycles. The first-order valence-corrected chi connectivity index (χ1v) is 8.61. The van der Waals surface area contributed by atoms with Gasteiger partial charge in [-0.05, 0) is 26.0 Å². The van der Waals surface area contributed by atoms with E-state index in [-0.39, 0.29) is 30.9 Å². The van der Waals surface area contributed by atoms with Gasteiger partial charge in [0.05, 0.1) is 12.8 Å². The number of nitrogens with one attached hydrogen (secondary N) is 1. The number of hydrogen-bond donors (Lipinski definition) is 2. The van der Waals surface area contributed by atoms with E-state index in [2.05, 4.69) is 5.32 Å². The van der Waals surface area contributed by atoms with E-state index in [1.54, 1.807) is 11.2 Å². The second kappa shape index (κ2) is 9.64. The Kier molecular flexibility index (Phi) is 7.22. The standard InChI is InChI=1S/C19H25N3O3/c1-3-20-17(23)14-22(4-2)18(24)13-21-19(16-11-8-12-25-16)15-9-6-5-7-10-15/h5-12,19,21H,3-4,13-14H2,1-2H3,(H,20,23)/p+1/t19-/m0/s1. The molecule has 0 saturated heterocycles. The highest BCUT2D eigenvalue weighted by Gasteiger charge is 2.23. The van der Waals surface area contributed by atoms with Gasteiger partial charge in [0.1, 0.15) is 0 Å². The molecule has 1 aromatic carbocycles. The predicted molar refractivity (Wildman–Crippen MR) is 94.7 cm³/mol. The van der Waals surface area contributed by atoms with Crippen molar-refractivity contribution in [3.8, 4) is 0 Å². The lowest BCUT2D eigenvalue weighted by molar-refractivity contribution is -0.679. The zero-order valence-corrected chi connectivity index (χ0v) is 14.8. The third kappa shape index (κ3) is 5.46. The molecule has 0 saturated carbocycles. The first-order valence-electron chi connectivity index (χ1n) is 8.61. The molecular formula is C19H26N3O3+. The number of quaternary nitrogens is 1. The van der Waals surface area contributed by atoms with Gasteiger partial charge in [-0.3, -0.25) is 9.59 Å². The van der Waals surface area contributed by atoms with Crippen molar-refractivity contribution in [2.45, 2.75) is 19.9 Å². The van der Waals surface area contributed by atoms with Gasteiger partial charge in [0.25, 0.3) is 5.91 Å². The van der Waals surface area contributed by atoms with Crippen LogP contribution >= 0.6 is 0 Å². The van der Waals surface area contributed by atoms with E-state index in [0.29, 0.717) is 13.1 Å². The number of benzene rings is 1. The molecule has 6 heteroatoms. The van der Waals surface area contributed by atoms with Gasteiger partial charge in [-0.25, -0.2) is 0 Å². The Balaban J connectivity index is 2.02. The highest BCUT2D eigenvalue weighted by Crippen LogP contribution is 2.18. The number of carbonyl (C=O) groups excluding carboxylic acids is 2. The molecule has 134 valence electrons. The molecule has 2 aromatic rings. The van der Waals surface area contributed by atoms with Crippen LogP contribution in [0.1, 0.15) is 31.2 Å². The van der Waals surface area contributed by atoms with Crippen LogP contribution in [0.5, 0.6) is 0 Å². The van der Waals surface area contributed by atoms with Crippen molar-refractivity contribution in [3.63, 3.8) is 0 Å². The van der Waals surface area contributed by atoms with Crippen molar-refractivity contribution >= 4 is 11.8 Å². The van der Waals surface area contributed by atoms with Crippen LogP contribution in [-0.4, -0.2) is 42.9 Å². The van der Waals surface area contributed by atoms with Gasteiger partial charge >= 0.3 is 0 Å². The summed E-state index contributed by atoms with van der Waals surface area (Å²) in [6, 6.07) is 13.6. The summed E-state index contributed by atoms with van der Waals surface area (Å²) in [5.74, 6) is 0.593. The molecule has 0 aliphatic rings. The van der Waals surface area contributed by atoms with Crippen LogP contribution in [-0.2, 0) is 9.59 Å². The Bertz CT molecular complexity index is 656. The lowest BCUT2D eigenvalue weighted by Gasteiger charge is -2.21. The van der Waals surface area contributed by atoms with E-state index >= 15 is 0 Å². The maximum atomic E-state index is 12.5. The highest BCUT2D eigenvalue weighted by atomic mass is 16.3. The van der Waals surface area contributed by atoms with Crippen LogP contribution in [0.4, 0.5) is 0 Å². The number of amides is 2. The largest absolute Gasteiger partial charge is 0.463 e. The minimum atomic E-state index is -0.136. The van der Waals surface area contributed by atoms with Crippen LogP contribution in [0.3, 0.4) is 0 Å². The van der Waals surface area contributed by atoms with E-state index in [1.165, 1.54) is 0 Å². The number of rotatable bonds is 9. The third-order valence-corrected chi connectivity index (χ3v) is 3.98. The van der Waals surface area contributed by atoms with Crippen LogP contribution in [0.25, 0.3) is 0 Å². The first kappa shape index (κ1) is 18.7. The van der Waals surface area contributed by atoms with Crippen molar-refractivity contribution < 1.29 is 19.3 Å². The minimum absolute atomic E-state index is 0.0683. The minimum Gasteiger partial charge on any atom is -0.463 e. The lowest BCUT2D eigenvalue weighted by Crippen LogP contribution is -2.87. The Morgan fingerprint density at radius 2 is 1.92 bits per heavy atom. The molecule has 0 radical (unpaired) electrons. The molecule has 0 bridgehead atoms. The van der Waals surface area contributed by atoms with Gasteiger partial charge in [0.2, 0.25) is 5.91 Å². The van der Waals surface area contributed by atoms with E-state index in [1.807, 2.05) is 61.6 Å². The van der Waals surface area contributed by atoms with Gasteiger partial charge in [-0.15, -0.1) is 0 Å². The van der Waals surface area contributed by atoms with E-state index in [4.69, 9.17) is 4.42 Å². The van der Waals surface area contributed by atoms with Crippen LogP contribution in [0.2, 0.25) is 0 Å². The molecular weight excluding hydrogens is 318 g/mol. The van der Waals surface area contributed by atoms with E-state index in [9.17, 15) is 9.59 Å². The molecule has 2 amide bonds. The summed E-state index contributed by atoms with van der Waals surface area (Å²) in [6.45, 7) is 5.13. The topological polar surface area (TPSA) is 79.2 Å². The molecule has 1 atom stereocenters. The van der Waals surface area contributed by atoms with Gasteiger partial charge in [0.15, 0.2) is 18.3 Å². The fourth-order valence-corrected chi connectivity index (χ4v) is 2.70. The quantitative estimate of drug-likeness (QED) is 0.710. The lowest BCUT2D eigenvalue weighted by atomic mass is 10.0. The van der Waals surface area contributed by atoms with Gasteiger partial charge < -0.3 is 20.0 Å². The number of nitrogens with zero attached hydrogens (tertiary/aromatic N) is 1. The summed E-state index contributed by atoms with van der Waals surface area (Å²) < 4.78 is 5.55. The normalized spacial score (nSPS) is 11.8. The SMILES string of the molecule is CCNC(=O)CN(CC)C(=O)C[NH2+][C@@H](c1ccccc1)c1ccco1. The van der Waals surface area contributed by atoms with Gasteiger partial charge in [-0.1, -0.05) is 30.3 Å². The Morgan fingerprint density at radius 1 is 1.16 bits per heavy atom. The van der Waals surface area contributed by atoms with Crippen molar-refractivity contribution in [2.24, 2.45) is 0 Å². The van der Waals surface area contributed by atoms with Gasteiger partial charge in [-0.2, -0.15) is 0 Å². The van der Waals surface area contributed by atoms with E-state index in [0.717, 1.165) is 11.3 Å². The average Bonchev–Trinajstić information content (AvgIpc) is 3.15. The molecule has 3 N–H and O–H groups in total. The van der Waals surface area contributed by atoms with Crippen LogP contribution in [0, 0.1) is 0 Å². The number of nitrogens with two attached hydrogens (primary N) is 1. The molecule has 0 fully saturated rings. The summed E-state index contributed by atoms with van der Waals surface area (Å²) in [6.07, 6.45) is 1.63. The molecule has 0 aliphatic carbocycles. The maximum Gasteiger partial charge on any atom is 0.278 e. The van der Waals surface area contributed by atoms with Crippen molar-refractivity contribution in [3.05, 3.63) is 60.1 Å². The van der Waals surface area contributed by atoms with Crippen LogP contribution in [0.15, 0.2) is 53.1 Å². The number of hydrogen-bond acceptors (Lipinski definition) is 3. The molecule has 0 spiro atoms. The summed E-state index contributed by atoms with van der Waals surface area (Å²) >= 11 is 0. The molecule has 1 heterocycles. The fraction of sp³-hybridized carbons (Fsp3) is 0.368. The van der Waals surface area contributed by atoms with Crippen molar-refractivity contribution in [1.82, 2.24) is 10.2 Å². The Hall–Kier alpha value is -2.60. The number of furan rings is 1. The fourth-order valence-electron chi connectivity index (χ4n) is 2.70. The summed E-state index contributed by atoms with van der Waals surface area (Å²) in [5.41, 5.74) is 1.07. The molecule has 25 heavy (non-hydrogen) atoms. The smallest absolute Gasteiger partial charge is 0.278 e. The van der Waals surface area contributed by atoms with Gasteiger partial charge in [0, 0.05) is 18.7 Å². The van der Waals surface area contributed by atoms with E-state index < -0.39 is 0 Å². The zero-order chi connectivity index (χ0) is 18.1. The number of carbonyl (C=O) groups is 2. The monoisotopic (exact) mass is 344 g/mol. The third-order valence-electron chi connectivity index (χ3n) is 3.98. The molecule has 2 rings (SSSR count). The zero-order valence-electron chi connectivity index (χ0n) is 14.8. The predicted octanol–water partition coefficient (Wildman–Crippen LogP) is 0.917. The molecule has 0 aliphatic heterocycles. The molecule has 6 nitrogen and oxygen atoms in total. The maximum absolute atomic E-state index is 12.5. The first-order chi connectivity index (χ1) is 12.2. The summed E-state index contributed by atoms with van der Waals surface area (Å²) in [5, 5.41) is 4.66. The Morgan fingerprint density at radius 3 is 2.52 bits per heavy atom. The second-order valence-corrected chi connectivity index (χ2v) is 5.71.